The van der Waals surface area contributed by atoms with Crippen LogP contribution < -0.4 is 5.73 Å². The van der Waals surface area contributed by atoms with Crippen LogP contribution in [0.15, 0.2) is 34.9 Å². The molecule has 0 aliphatic carbocycles. The van der Waals surface area contributed by atoms with E-state index >= 15 is 0 Å². The molecule has 3 N–H and O–H groups in total. The summed E-state index contributed by atoms with van der Waals surface area (Å²) in [5.41, 5.74) is 4.47. The summed E-state index contributed by atoms with van der Waals surface area (Å²) in [6.07, 6.45) is 0. The lowest BCUT2D eigenvalue weighted by molar-refractivity contribution is 0.0595. The molecule has 0 amide bonds. The van der Waals surface area contributed by atoms with Gasteiger partial charge in [-0.25, -0.2) is 14.2 Å². The van der Waals surface area contributed by atoms with Crippen LogP contribution in [-0.2, 0) is 10.3 Å². The highest BCUT2D eigenvalue weighted by Gasteiger charge is 2.26. The molecule has 0 aliphatic rings. The van der Waals surface area contributed by atoms with Crippen molar-refractivity contribution in [2.24, 2.45) is 0 Å². The van der Waals surface area contributed by atoms with Crippen LogP contribution >= 0.6 is 0 Å². The van der Waals surface area contributed by atoms with Crippen molar-refractivity contribution in [1.82, 2.24) is 15.1 Å². The average molecular weight is 396 g/mol. The van der Waals surface area contributed by atoms with Crippen molar-refractivity contribution in [3.05, 3.63) is 59.1 Å². The number of hydrogen-bond donors (Lipinski definition) is 2. The third-order valence-electron chi connectivity index (χ3n) is 3.93. The van der Waals surface area contributed by atoms with E-state index in [1.54, 1.807) is 31.2 Å². The highest BCUT2D eigenvalue weighted by atomic mass is 19.1. The number of aryl methyl sites for hydroxylation is 1. The minimum atomic E-state index is -1.64. The van der Waals surface area contributed by atoms with Gasteiger partial charge in [0.1, 0.15) is 5.69 Å². The van der Waals surface area contributed by atoms with Gasteiger partial charge in [0.2, 0.25) is 11.7 Å². The summed E-state index contributed by atoms with van der Waals surface area (Å²) in [6, 6.07) is 7.49. The molecule has 8 nitrogen and oxygen atoms in total. The van der Waals surface area contributed by atoms with Crippen molar-refractivity contribution in [2.45, 2.75) is 19.4 Å². The number of aliphatic hydroxyl groups is 1. The number of aromatic nitrogens is 3. The van der Waals surface area contributed by atoms with Gasteiger partial charge >= 0.3 is 5.97 Å². The molecule has 0 aliphatic heterocycles. The maximum Gasteiger partial charge on any atom is 0.358 e. The fourth-order valence-corrected chi connectivity index (χ4v) is 2.46. The molecule has 0 bridgehead atoms. The zero-order chi connectivity index (χ0) is 21.2. The Morgan fingerprint density at radius 2 is 2.10 bits per heavy atom. The maximum atomic E-state index is 14.4. The number of rotatable bonds is 3. The molecule has 148 valence electrons. The SMILES string of the molecule is COC(=O)c1nc(-c2cccc(C#C[C@@](C)(O)c3noc(C)n3)c2)c(F)cc1N. The number of hydrogen-bond acceptors (Lipinski definition) is 8. The third-order valence-corrected chi connectivity index (χ3v) is 3.93. The largest absolute Gasteiger partial charge is 0.464 e. The van der Waals surface area contributed by atoms with Gasteiger partial charge in [-0.05, 0) is 19.1 Å². The van der Waals surface area contributed by atoms with Crippen LogP contribution in [0.25, 0.3) is 11.3 Å². The number of halogens is 1. The fourth-order valence-electron chi connectivity index (χ4n) is 2.46. The number of pyridine rings is 1. The first-order chi connectivity index (χ1) is 13.7. The Hall–Kier alpha value is -3.77. The topological polar surface area (TPSA) is 124 Å². The summed E-state index contributed by atoms with van der Waals surface area (Å²) in [5.74, 6) is 4.32. The van der Waals surface area contributed by atoms with Gasteiger partial charge in [0.15, 0.2) is 17.1 Å². The summed E-state index contributed by atoms with van der Waals surface area (Å²) in [7, 11) is 1.18. The average Bonchev–Trinajstić information content (AvgIpc) is 3.13. The zero-order valence-corrected chi connectivity index (χ0v) is 15.9. The number of nitrogen functional groups attached to an aromatic ring is 1. The number of nitrogens with zero attached hydrogens (tertiary/aromatic N) is 3. The molecule has 0 fully saturated rings. The number of benzene rings is 1. The molecule has 2 aromatic heterocycles. The number of ether oxygens (including phenoxy) is 1. The van der Waals surface area contributed by atoms with Gasteiger partial charge in [-0.3, -0.25) is 0 Å². The van der Waals surface area contributed by atoms with Crippen LogP contribution in [0.2, 0.25) is 0 Å². The first-order valence-corrected chi connectivity index (χ1v) is 8.42. The van der Waals surface area contributed by atoms with E-state index < -0.39 is 17.4 Å². The number of methoxy groups -OCH3 is 1. The first-order valence-electron chi connectivity index (χ1n) is 8.42. The van der Waals surface area contributed by atoms with Crippen LogP contribution in [-0.4, -0.2) is 33.3 Å². The van der Waals surface area contributed by atoms with Gasteiger partial charge in [0, 0.05) is 24.1 Å². The van der Waals surface area contributed by atoms with Gasteiger partial charge in [-0.2, -0.15) is 4.98 Å². The number of carbonyl (C=O) groups excluding carboxylic acids is 1. The molecule has 1 aromatic carbocycles. The quantitative estimate of drug-likeness (QED) is 0.510. The molecule has 0 saturated carbocycles. The lowest BCUT2D eigenvalue weighted by Crippen LogP contribution is -2.20. The molecule has 29 heavy (non-hydrogen) atoms. The van der Waals surface area contributed by atoms with E-state index in [-0.39, 0.29) is 22.9 Å². The minimum Gasteiger partial charge on any atom is -0.464 e. The van der Waals surface area contributed by atoms with Crippen LogP contribution in [0.3, 0.4) is 0 Å². The molecule has 0 spiro atoms. The summed E-state index contributed by atoms with van der Waals surface area (Å²) in [4.78, 5) is 19.8. The molecule has 3 rings (SSSR count). The van der Waals surface area contributed by atoms with Crippen molar-refractivity contribution >= 4 is 11.7 Å². The van der Waals surface area contributed by atoms with E-state index in [2.05, 4.69) is 31.7 Å². The molecule has 0 unspecified atom stereocenters. The highest BCUT2D eigenvalue weighted by molar-refractivity contribution is 5.93. The summed E-state index contributed by atoms with van der Waals surface area (Å²) in [5, 5.41) is 14.1. The number of anilines is 1. The van der Waals surface area contributed by atoms with Gasteiger partial charge in [0.25, 0.3) is 0 Å². The molecule has 9 heteroatoms. The lowest BCUT2D eigenvalue weighted by atomic mass is 10.0. The predicted molar refractivity (Wildman–Crippen MR) is 101 cm³/mol. The summed E-state index contributed by atoms with van der Waals surface area (Å²) in [6.45, 7) is 3.03. The van der Waals surface area contributed by atoms with Gasteiger partial charge in [-0.1, -0.05) is 29.1 Å². The Balaban J connectivity index is 1.99. The zero-order valence-electron chi connectivity index (χ0n) is 15.9. The molecule has 0 saturated heterocycles. The molecular formula is C20H17FN4O4. The van der Waals surface area contributed by atoms with Crippen molar-refractivity contribution < 1.29 is 23.6 Å². The van der Waals surface area contributed by atoms with E-state index in [0.717, 1.165) is 6.07 Å². The van der Waals surface area contributed by atoms with E-state index in [4.69, 9.17) is 10.3 Å². The Morgan fingerprint density at radius 3 is 2.76 bits per heavy atom. The second-order valence-electron chi connectivity index (χ2n) is 6.29. The Bertz CT molecular complexity index is 1140. The van der Waals surface area contributed by atoms with Crippen LogP contribution in [0.4, 0.5) is 10.1 Å². The standard InChI is InChI=1S/C20H17FN4O4/c1-11-23-19(25-29-11)20(2,27)8-7-12-5-4-6-13(9-12)16-14(21)10-15(22)17(24-16)18(26)28-3/h4-6,9-10,27H,22H2,1-3H3/t20-/m1/s1. The second-order valence-corrected chi connectivity index (χ2v) is 6.29. The third kappa shape index (κ3) is 4.23. The molecule has 3 aromatic rings. The predicted octanol–water partition coefficient (Wildman–Crippen LogP) is 2.21. The normalized spacial score (nSPS) is 12.6. The van der Waals surface area contributed by atoms with Crippen molar-refractivity contribution in [3.63, 3.8) is 0 Å². The summed E-state index contributed by atoms with van der Waals surface area (Å²) >= 11 is 0. The van der Waals surface area contributed by atoms with Crippen LogP contribution in [0, 0.1) is 24.6 Å². The maximum absolute atomic E-state index is 14.4. The van der Waals surface area contributed by atoms with E-state index in [1.165, 1.54) is 14.0 Å². The summed E-state index contributed by atoms with van der Waals surface area (Å²) < 4.78 is 23.9. The monoisotopic (exact) mass is 396 g/mol. The van der Waals surface area contributed by atoms with Crippen molar-refractivity contribution in [3.8, 4) is 23.1 Å². The smallest absolute Gasteiger partial charge is 0.358 e. The number of carbonyl (C=O) groups is 1. The van der Waals surface area contributed by atoms with Gasteiger partial charge < -0.3 is 20.1 Å². The Kier molecular flexibility index (Phi) is 5.30. The van der Waals surface area contributed by atoms with Crippen LogP contribution in [0.1, 0.15) is 34.7 Å². The Morgan fingerprint density at radius 1 is 1.34 bits per heavy atom. The second kappa shape index (κ2) is 7.69. The number of nitrogens with two attached hydrogens (primary N) is 1. The molecule has 1 atom stereocenters. The van der Waals surface area contributed by atoms with E-state index in [0.29, 0.717) is 17.0 Å². The minimum absolute atomic E-state index is 0.0348. The molecular weight excluding hydrogens is 379 g/mol. The highest BCUT2D eigenvalue weighted by Crippen LogP contribution is 2.25. The van der Waals surface area contributed by atoms with Gasteiger partial charge in [-0.15, -0.1) is 0 Å². The Labute approximate surface area is 165 Å². The number of esters is 1. The van der Waals surface area contributed by atoms with Crippen molar-refractivity contribution in [2.75, 3.05) is 12.8 Å². The molecule has 2 heterocycles. The van der Waals surface area contributed by atoms with Crippen molar-refractivity contribution in [1.29, 1.82) is 0 Å². The van der Waals surface area contributed by atoms with E-state index in [9.17, 15) is 14.3 Å². The van der Waals surface area contributed by atoms with E-state index in [1.807, 2.05) is 0 Å². The molecule has 0 radical (unpaired) electrons. The fraction of sp³-hybridized carbons (Fsp3) is 0.200. The first kappa shape index (κ1) is 20.0. The lowest BCUT2D eigenvalue weighted by Gasteiger charge is -2.10. The van der Waals surface area contributed by atoms with Gasteiger partial charge in [0.05, 0.1) is 12.8 Å². The van der Waals surface area contributed by atoms with Crippen LogP contribution in [0.5, 0.6) is 0 Å².